The number of aromatic nitrogens is 2. The molecule has 2 aromatic carbocycles. The van der Waals surface area contributed by atoms with E-state index in [1.807, 2.05) is 24.3 Å². The fourth-order valence-electron chi connectivity index (χ4n) is 3.22. The maximum Gasteiger partial charge on any atom is 0.212 e. The molecule has 0 bridgehead atoms. The van der Waals surface area contributed by atoms with Crippen LogP contribution >= 0.6 is 34.4 Å². The fourth-order valence-corrected chi connectivity index (χ4v) is 5.84. The molecule has 0 radical (unpaired) electrons. The summed E-state index contributed by atoms with van der Waals surface area (Å²) in [7, 11) is -3.65. The average molecular weight is 571 g/mol. The van der Waals surface area contributed by atoms with Crippen LogP contribution in [0.15, 0.2) is 66.1 Å². The maximum atomic E-state index is 13.9. The third-order valence-electron chi connectivity index (χ3n) is 4.63. The van der Waals surface area contributed by atoms with E-state index in [0.29, 0.717) is 5.56 Å². The minimum absolute atomic E-state index is 0.107. The lowest BCUT2D eigenvalue weighted by atomic mass is 10.0. The molecule has 1 atom stereocenters. The maximum absolute atomic E-state index is 13.9. The molecule has 1 heterocycles. The first-order chi connectivity index (χ1) is 14.8. The number of halogens is 2. The highest BCUT2D eigenvalue weighted by atomic mass is 127. The van der Waals surface area contributed by atoms with Gasteiger partial charge < -0.3 is 0 Å². The van der Waals surface area contributed by atoms with Crippen molar-refractivity contribution < 1.29 is 12.8 Å². The topological polar surface area (TPSA) is 63.2 Å². The second-order valence-corrected chi connectivity index (χ2v) is 11.2. The number of benzene rings is 2. The number of hydrogen-bond acceptors (Lipinski definition) is 5. The van der Waals surface area contributed by atoms with E-state index >= 15 is 0 Å². The molecule has 0 spiro atoms. The van der Waals surface area contributed by atoms with Crippen LogP contribution < -0.4 is 0 Å². The number of nitrogens with zero attached hydrogens (tertiary/aromatic N) is 3. The summed E-state index contributed by atoms with van der Waals surface area (Å²) in [6.07, 6.45) is 6.82. The molecule has 31 heavy (non-hydrogen) atoms. The Morgan fingerprint density at radius 3 is 2.52 bits per heavy atom. The van der Waals surface area contributed by atoms with E-state index in [9.17, 15) is 12.8 Å². The predicted molar refractivity (Wildman–Crippen MR) is 131 cm³/mol. The lowest BCUT2D eigenvalue weighted by Crippen LogP contribution is -2.35. The molecule has 5 nitrogen and oxygen atoms in total. The van der Waals surface area contributed by atoms with Gasteiger partial charge in [0.2, 0.25) is 10.0 Å². The van der Waals surface area contributed by atoms with Gasteiger partial charge in [0.15, 0.2) is 0 Å². The van der Waals surface area contributed by atoms with Crippen LogP contribution in [-0.2, 0) is 16.6 Å². The summed E-state index contributed by atoms with van der Waals surface area (Å²) in [6, 6.07) is 11.5. The Hall–Kier alpha value is -1.56. The normalized spacial score (nSPS) is 12.8. The molecule has 1 unspecified atom stereocenters. The van der Waals surface area contributed by atoms with Crippen molar-refractivity contribution in [2.45, 2.75) is 30.8 Å². The van der Waals surface area contributed by atoms with Gasteiger partial charge in [-0.2, -0.15) is 4.31 Å². The van der Waals surface area contributed by atoms with Gasteiger partial charge in [-0.15, -0.1) is 11.8 Å². The van der Waals surface area contributed by atoms with Crippen LogP contribution in [0.4, 0.5) is 4.39 Å². The highest BCUT2D eigenvalue weighted by molar-refractivity contribution is 14.1. The van der Waals surface area contributed by atoms with Gasteiger partial charge in [0.05, 0.1) is 12.3 Å². The Bertz CT molecular complexity index is 1130. The highest BCUT2D eigenvalue weighted by Gasteiger charge is 2.32. The van der Waals surface area contributed by atoms with Gasteiger partial charge in [-0.25, -0.2) is 22.8 Å². The Morgan fingerprint density at radius 1 is 1.16 bits per heavy atom. The van der Waals surface area contributed by atoms with E-state index in [2.05, 4.69) is 39.5 Å². The van der Waals surface area contributed by atoms with E-state index in [4.69, 9.17) is 0 Å². The van der Waals surface area contributed by atoms with Crippen LogP contribution in [0.1, 0.15) is 36.1 Å². The molecular formula is C22H23FIN3O2S2. The summed E-state index contributed by atoms with van der Waals surface area (Å²) in [6.45, 7) is 2.16. The zero-order valence-electron chi connectivity index (χ0n) is 17.2. The van der Waals surface area contributed by atoms with E-state index in [0.717, 1.165) is 31.8 Å². The smallest absolute Gasteiger partial charge is 0.212 e. The second kappa shape index (κ2) is 10.8. The first-order valence-electron chi connectivity index (χ1n) is 9.68. The summed E-state index contributed by atoms with van der Waals surface area (Å²) in [5, 5.41) is 0. The van der Waals surface area contributed by atoms with E-state index in [1.165, 1.54) is 40.8 Å². The Balaban J connectivity index is 2.13. The van der Waals surface area contributed by atoms with Crippen molar-refractivity contribution in [2.24, 2.45) is 0 Å². The third-order valence-corrected chi connectivity index (χ3v) is 8.10. The third kappa shape index (κ3) is 6.24. The predicted octanol–water partition coefficient (Wildman–Crippen LogP) is 5.27. The van der Waals surface area contributed by atoms with Gasteiger partial charge >= 0.3 is 0 Å². The Kier molecular flexibility index (Phi) is 8.43. The van der Waals surface area contributed by atoms with Gasteiger partial charge in [0.1, 0.15) is 12.1 Å². The summed E-state index contributed by atoms with van der Waals surface area (Å²) >= 11 is 3.74. The van der Waals surface area contributed by atoms with Gasteiger partial charge in [0, 0.05) is 33.0 Å². The van der Waals surface area contributed by atoms with Crippen molar-refractivity contribution in [2.75, 3.05) is 12.0 Å². The Labute approximate surface area is 200 Å². The molecule has 3 aromatic rings. The quantitative estimate of drug-likeness (QED) is 0.259. The molecule has 0 aliphatic carbocycles. The fraction of sp³-hybridized carbons (Fsp3) is 0.273. The van der Waals surface area contributed by atoms with Crippen LogP contribution in [0.25, 0.3) is 0 Å². The summed E-state index contributed by atoms with van der Waals surface area (Å²) in [5.74, 6) is 0.487. The van der Waals surface area contributed by atoms with Crippen LogP contribution in [0.5, 0.6) is 0 Å². The van der Waals surface area contributed by atoms with Gasteiger partial charge in [-0.05, 0) is 64.1 Å². The van der Waals surface area contributed by atoms with Crippen molar-refractivity contribution in [3.05, 3.63) is 87.3 Å². The number of hydrogen-bond donors (Lipinski definition) is 0. The van der Waals surface area contributed by atoms with E-state index in [-0.39, 0.29) is 12.4 Å². The van der Waals surface area contributed by atoms with Gasteiger partial charge in [-0.3, -0.25) is 0 Å². The number of thioether (sulfide) groups is 1. The standard InChI is InChI=1S/C22H23FIN3O2S2/c1-3-10-30-21-11-18(23)9-8-16(21)14-27(31(2,28)29)22(17-12-25-15-26-13-17)19-6-4-5-7-20(19)24/h4-9,11-13,15,22H,3,10,14H2,1-2H3. The van der Waals surface area contributed by atoms with E-state index < -0.39 is 16.1 Å². The van der Waals surface area contributed by atoms with Crippen LogP contribution in [-0.4, -0.2) is 34.7 Å². The first-order valence-corrected chi connectivity index (χ1v) is 13.6. The van der Waals surface area contributed by atoms with Crippen molar-refractivity contribution in [3.8, 4) is 0 Å². The molecule has 164 valence electrons. The largest absolute Gasteiger partial charge is 0.244 e. The lowest BCUT2D eigenvalue weighted by molar-refractivity contribution is 0.352. The van der Waals surface area contributed by atoms with Crippen molar-refractivity contribution in [1.82, 2.24) is 14.3 Å². The molecule has 0 saturated carbocycles. The monoisotopic (exact) mass is 571 g/mol. The summed E-state index contributed by atoms with van der Waals surface area (Å²) < 4.78 is 42.4. The SMILES string of the molecule is CCCSc1cc(F)ccc1CN(C(c1cncnc1)c1ccccc1I)S(C)(=O)=O. The molecule has 0 N–H and O–H groups in total. The van der Waals surface area contributed by atoms with Crippen LogP contribution in [0.3, 0.4) is 0 Å². The molecular weight excluding hydrogens is 548 g/mol. The highest BCUT2D eigenvalue weighted by Crippen LogP contribution is 2.35. The number of sulfonamides is 1. The van der Waals surface area contributed by atoms with Gasteiger partial charge in [-0.1, -0.05) is 31.2 Å². The molecule has 0 aliphatic heterocycles. The van der Waals surface area contributed by atoms with Crippen molar-refractivity contribution >= 4 is 44.4 Å². The van der Waals surface area contributed by atoms with Crippen LogP contribution in [0, 0.1) is 9.39 Å². The minimum Gasteiger partial charge on any atom is -0.244 e. The lowest BCUT2D eigenvalue weighted by Gasteiger charge is -2.31. The molecule has 1 aromatic heterocycles. The zero-order valence-corrected chi connectivity index (χ0v) is 21.0. The Morgan fingerprint density at radius 2 is 1.87 bits per heavy atom. The van der Waals surface area contributed by atoms with Crippen molar-refractivity contribution in [3.63, 3.8) is 0 Å². The first kappa shape index (κ1) is 24.1. The van der Waals surface area contributed by atoms with Crippen molar-refractivity contribution in [1.29, 1.82) is 0 Å². The summed E-state index contributed by atoms with van der Waals surface area (Å²) in [4.78, 5) is 8.98. The summed E-state index contributed by atoms with van der Waals surface area (Å²) in [5.41, 5.74) is 2.27. The average Bonchev–Trinajstić information content (AvgIpc) is 2.74. The molecule has 0 amide bonds. The van der Waals surface area contributed by atoms with Gasteiger partial charge in [0.25, 0.3) is 0 Å². The number of rotatable bonds is 9. The molecule has 0 fully saturated rings. The zero-order chi connectivity index (χ0) is 22.4. The minimum atomic E-state index is -3.65. The molecule has 0 saturated heterocycles. The molecule has 3 rings (SSSR count). The second-order valence-electron chi connectivity index (χ2n) is 7.00. The van der Waals surface area contributed by atoms with Crippen LogP contribution in [0.2, 0.25) is 0 Å². The molecule has 9 heteroatoms. The molecule has 0 aliphatic rings. The van der Waals surface area contributed by atoms with E-state index in [1.54, 1.807) is 18.5 Å².